The van der Waals surface area contributed by atoms with Crippen LogP contribution in [0.15, 0.2) is 23.1 Å². The van der Waals surface area contributed by atoms with Crippen molar-refractivity contribution < 1.29 is 9.21 Å². The number of thiazole rings is 1. The Balaban J connectivity index is 1.60. The molecule has 0 aliphatic heterocycles. The number of aromatic nitrogens is 4. The Morgan fingerprint density at radius 2 is 2.04 bits per heavy atom. The number of rotatable bonds is 5. The molecule has 0 saturated carbocycles. The van der Waals surface area contributed by atoms with Crippen LogP contribution in [0.1, 0.15) is 37.3 Å². The molecular formula is C17H17Cl2N5O2S. The summed E-state index contributed by atoms with van der Waals surface area (Å²) < 4.78 is 7.15. The van der Waals surface area contributed by atoms with E-state index in [1.54, 1.807) is 18.5 Å². The van der Waals surface area contributed by atoms with Crippen LogP contribution in [-0.2, 0) is 16.8 Å². The van der Waals surface area contributed by atoms with Gasteiger partial charge in [-0.25, -0.2) is 15.0 Å². The molecule has 142 valence electrons. The van der Waals surface area contributed by atoms with Gasteiger partial charge in [-0.1, -0.05) is 55.3 Å². The number of hydrogen-bond acceptors (Lipinski definition) is 6. The molecule has 3 heterocycles. The van der Waals surface area contributed by atoms with Crippen molar-refractivity contribution in [3.63, 3.8) is 0 Å². The average Bonchev–Trinajstić information content (AvgIpc) is 3.30. The topological polar surface area (TPSA) is 85.8 Å². The summed E-state index contributed by atoms with van der Waals surface area (Å²) in [6.45, 7) is 6.17. The fraction of sp³-hybridized carbons (Fsp3) is 0.294. The third-order valence-corrected chi connectivity index (χ3v) is 5.12. The molecular weight excluding hydrogens is 409 g/mol. The van der Waals surface area contributed by atoms with E-state index in [1.165, 1.54) is 22.2 Å². The molecule has 0 aliphatic carbocycles. The van der Waals surface area contributed by atoms with Crippen LogP contribution in [0.3, 0.4) is 0 Å². The Morgan fingerprint density at radius 3 is 2.67 bits per heavy atom. The summed E-state index contributed by atoms with van der Waals surface area (Å²) in [7, 11) is 0. The number of carbonyl (C=O) groups excluding carboxylic acids is 1. The maximum absolute atomic E-state index is 12.1. The van der Waals surface area contributed by atoms with E-state index in [4.69, 9.17) is 27.6 Å². The lowest BCUT2D eigenvalue weighted by atomic mass is 9.94. The normalized spacial score (nSPS) is 12.0. The molecule has 10 heteroatoms. The molecule has 0 unspecified atom stereocenters. The van der Waals surface area contributed by atoms with E-state index in [2.05, 4.69) is 41.0 Å². The zero-order chi connectivity index (χ0) is 19.6. The highest BCUT2D eigenvalue weighted by Gasteiger charge is 2.18. The van der Waals surface area contributed by atoms with Gasteiger partial charge in [0.05, 0.1) is 12.5 Å². The molecule has 0 radical (unpaired) electrons. The molecule has 0 bridgehead atoms. The molecule has 1 amide bonds. The van der Waals surface area contributed by atoms with E-state index in [0.717, 1.165) is 10.6 Å². The van der Waals surface area contributed by atoms with Crippen LogP contribution >= 0.6 is 34.5 Å². The van der Waals surface area contributed by atoms with Gasteiger partial charge in [0, 0.05) is 22.6 Å². The Labute approximate surface area is 170 Å². The summed E-state index contributed by atoms with van der Waals surface area (Å²) in [6, 6.07) is 0. The van der Waals surface area contributed by atoms with E-state index in [1.807, 2.05) is 6.08 Å². The maximum Gasteiger partial charge on any atom is 0.246 e. The molecule has 0 atom stereocenters. The highest BCUT2D eigenvalue weighted by Crippen LogP contribution is 2.25. The van der Waals surface area contributed by atoms with E-state index < -0.39 is 0 Å². The molecule has 0 aliphatic rings. The molecule has 0 spiro atoms. The minimum atomic E-state index is -0.279. The van der Waals surface area contributed by atoms with E-state index in [-0.39, 0.29) is 28.2 Å². The van der Waals surface area contributed by atoms with Gasteiger partial charge in [-0.2, -0.15) is 0 Å². The number of hydrogen-bond donors (Lipinski definition) is 1. The average molecular weight is 426 g/mol. The van der Waals surface area contributed by atoms with Crippen LogP contribution in [0.4, 0.5) is 5.13 Å². The lowest BCUT2D eigenvalue weighted by molar-refractivity contribution is -0.116. The number of anilines is 1. The number of nitrogens with zero attached hydrogens (tertiary/aromatic N) is 4. The standard InChI is InChI=1S/C17H17Cl2N5O2S/c1-17(2,3)11-7-20-13(26-11)5-4-10-6-21-16(27-10)23-12(25)8-24-9-22-14(18)15(24)19/h4-7,9H,8H2,1-3H3,(H,21,23,25)/b5-4+. The monoisotopic (exact) mass is 425 g/mol. The molecule has 0 saturated heterocycles. The summed E-state index contributed by atoms with van der Waals surface area (Å²) in [4.78, 5) is 25.2. The van der Waals surface area contributed by atoms with E-state index in [9.17, 15) is 4.79 Å². The summed E-state index contributed by atoms with van der Waals surface area (Å²) in [5.74, 6) is 1.06. The number of halogens is 2. The van der Waals surface area contributed by atoms with Crippen LogP contribution in [-0.4, -0.2) is 25.4 Å². The number of oxazole rings is 1. The van der Waals surface area contributed by atoms with E-state index >= 15 is 0 Å². The van der Waals surface area contributed by atoms with Gasteiger partial charge in [0.15, 0.2) is 10.3 Å². The lowest BCUT2D eigenvalue weighted by Gasteiger charge is -2.12. The number of carbonyl (C=O) groups is 1. The Kier molecular flexibility index (Phi) is 5.69. The van der Waals surface area contributed by atoms with Crippen molar-refractivity contribution in [3.05, 3.63) is 45.6 Å². The predicted octanol–water partition coefficient (Wildman–Crippen LogP) is 4.74. The summed E-state index contributed by atoms with van der Waals surface area (Å²) in [5, 5.41) is 3.57. The van der Waals surface area contributed by atoms with Gasteiger partial charge in [-0.05, 0) is 6.08 Å². The zero-order valence-electron chi connectivity index (χ0n) is 14.9. The largest absolute Gasteiger partial charge is 0.441 e. The first-order valence-corrected chi connectivity index (χ1v) is 9.56. The second-order valence-corrected chi connectivity index (χ2v) is 8.49. The predicted molar refractivity (Wildman–Crippen MR) is 107 cm³/mol. The molecule has 0 fully saturated rings. The second-order valence-electron chi connectivity index (χ2n) is 6.72. The van der Waals surface area contributed by atoms with Crippen molar-refractivity contribution in [1.82, 2.24) is 19.5 Å². The Bertz CT molecular complexity index is 984. The van der Waals surface area contributed by atoms with Gasteiger partial charge in [0.1, 0.15) is 17.5 Å². The SMILES string of the molecule is CC(C)(C)c1cnc(/C=C/c2cnc(NC(=O)Cn3cnc(Cl)c3Cl)s2)o1. The third kappa shape index (κ3) is 4.97. The van der Waals surface area contributed by atoms with Gasteiger partial charge in [0.25, 0.3) is 0 Å². The minimum absolute atomic E-state index is 0.00476. The van der Waals surface area contributed by atoms with Crippen molar-refractivity contribution in [2.45, 2.75) is 32.7 Å². The van der Waals surface area contributed by atoms with Crippen molar-refractivity contribution in [3.8, 4) is 0 Å². The Morgan fingerprint density at radius 1 is 1.26 bits per heavy atom. The highest BCUT2D eigenvalue weighted by atomic mass is 35.5. The molecule has 3 aromatic rings. The van der Waals surface area contributed by atoms with Crippen LogP contribution in [0.5, 0.6) is 0 Å². The van der Waals surface area contributed by atoms with Gasteiger partial charge < -0.3 is 14.3 Å². The smallest absolute Gasteiger partial charge is 0.246 e. The minimum Gasteiger partial charge on any atom is -0.441 e. The molecule has 3 rings (SSSR count). The van der Waals surface area contributed by atoms with E-state index in [0.29, 0.717) is 11.0 Å². The Hall–Kier alpha value is -2.16. The quantitative estimate of drug-likeness (QED) is 0.637. The molecule has 7 nitrogen and oxygen atoms in total. The van der Waals surface area contributed by atoms with Crippen LogP contribution < -0.4 is 5.32 Å². The lowest BCUT2D eigenvalue weighted by Crippen LogP contribution is -2.18. The first-order chi connectivity index (χ1) is 12.7. The number of nitrogens with one attached hydrogen (secondary N) is 1. The molecule has 0 aromatic carbocycles. The van der Waals surface area contributed by atoms with Crippen LogP contribution in [0, 0.1) is 0 Å². The maximum atomic E-state index is 12.1. The summed E-state index contributed by atoms with van der Waals surface area (Å²) >= 11 is 13.0. The van der Waals surface area contributed by atoms with Crippen molar-refractivity contribution in [1.29, 1.82) is 0 Å². The number of amides is 1. The van der Waals surface area contributed by atoms with Gasteiger partial charge in [-0.15, -0.1) is 0 Å². The van der Waals surface area contributed by atoms with Crippen molar-refractivity contribution in [2.24, 2.45) is 0 Å². The third-order valence-electron chi connectivity index (χ3n) is 3.47. The fourth-order valence-electron chi connectivity index (χ4n) is 2.05. The molecule has 3 aromatic heterocycles. The van der Waals surface area contributed by atoms with Crippen molar-refractivity contribution in [2.75, 3.05) is 5.32 Å². The van der Waals surface area contributed by atoms with Gasteiger partial charge in [-0.3, -0.25) is 4.79 Å². The van der Waals surface area contributed by atoms with Gasteiger partial charge in [0.2, 0.25) is 11.8 Å². The van der Waals surface area contributed by atoms with Crippen molar-refractivity contribution >= 4 is 57.7 Å². The second kappa shape index (κ2) is 7.84. The molecule has 1 N–H and O–H groups in total. The number of imidazole rings is 1. The first kappa shape index (κ1) is 19.6. The summed E-state index contributed by atoms with van der Waals surface area (Å²) in [6.07, 6.45) is 8.39. The van der Waals surface area contributed by atoms with Gasteiger partial charge >= 0.3 is 0 Å². The van der Waals surface area contributed by atoms with Crippen LogP contribution in [0.2, 0.25) is 10.3 Å². The first-order valence-electron chi connectivity index (χ1n) is 7.98. The zero-order valence-corrected chi connectivity index (χ0v) is 17.2. The van der Waals surface area contributed by atoms with Crippen LogP contribution in [0.25, 0.3) is 12.2 Å². The molecule has 27 heavy (non-hydrogen) atoms. The highest BCUT2D eigenvalue weighted by molar-refractivity contribution is 7.16. The summed E-state index contributed by atoms with van der Waals surface area (Å²) in [5.41, 5.74) is -0.0939. The fourth-order valence-corrected chi connectivity index (χ4v) is 3.09.